The maximum atomic E-state index is 4.67. The van der Waals surface area contributed by atoms with Crippen LogP contribution in [0.1, 0.15) is 43.9 Å². The number of hydrogen-bond donors (Lipinski definition) is 0. The van der Waals surface area contributed by atoms with E-state index in [1.54, 1.807) is 0 Å². The van der Waals surface area contributed by atoms with Crippen molar-refractivity contribution in [2.75, 3.05) is 0 Å². The zero-order valence-electron chi connectivity index (χ0n) is 9.72. The monoisotopic (exact) mass is 192 g/mol. The van der Waals surface area contributed by atoms with E-state index in [-0.39, 0.29) is 0 Å². The Morgan fingerprint density at radius 2 is 2.07 bits per heavy atom. The van der Waals surface area contributed by atoms with E-state index in [9.17, 15) is 0 Å². The minimum atomic E-state index is 0.437. The number of imidazole rings is 1. The van der Waals surface area contributed by atoms with Crippen molar-refractivity contribution in [2.45, 2.75) is 46.5 Å². The van der Waals surface area contributed by atoms with Gasteiger partial charge in [-0.15, -0.1) is 0 Å². The van der Waals surface area contributed by atoms with Gasteiger partial charge in [0.2, 0.25) is 0 Å². The van der Waals surface area contributed by atoms with Crippen LogP contribution in [-0.2, 0) is 19.9 Å². The molecule has 0 bridgehead atoms. The van der Waals surface area contributed by atoms with E-state index in [0.29, 0.717) is 5.41 Å². The van der Waals surface area contributed by atoms with Crippen LogP contribution >= 0.6 is 0 Å². The Morgan fingerprint density at radius 1 is 1.36 bits per heavy atom. The van der Waals surface area contributed by atoms with E-state index in [4.69, 9.17) is 0 Å². The lowest BCUT2D eigenvalue weighted by Gasteiger charge is -2.20. The van der Waals surface area contributed by atoms with Crippen molar-refractivity contribution in [3.05, 3.63) is 17.2 Å². The molecule has 1 heterocycles. The molecule has 2 nitrogen and oxygen atoms in total. The second-order valence-electron chi connectivity index (χ2n) is 5.31. The molecule has 2 rings (SSSR count). The van der Waals surface area contributed by atoms with Crippen molar-refractivity contribution in [2.24, 2.45) is 12.5 Å². The molecule has 0 radical (unpaired) electrons. The lowest BCUT2D eigenvalue weighted by Crippen LogP contribution is -2.13. The smallest absolute Gasteiger partial charge is 0.105 e. The molecule has 0 aromatic carbocycles. The SMILES string of the molecule is Cc1nc2c(n1C)CCCC(C)(C)C2. The second kappa shape index (κ2) is 3.11. The fraction of sp³-hybridized carbons (Fsp3) is 0.750. The molecule has 0 N–H and O–H groups in total. The van der Waals surface area contributed by atoms with Gasteiger partial charge in [0, 0.05) is 12.7 Å². The summed E-state index contributed by atoms with van der Waals surface area (Å²) < 4.78 is 2.26. The van der Waals surface area contributed by atoms with Crippen molar-refractivity contribution >= 4 is 0 Å². The first-order valence-electron chi connectivity index (χ1n) is 5.51. The zero-order chi connectivity index (χ0) is 10.3. The minimum absolute atomic E-state index is 0.437. The maximum absolute atomic E-state index is 4.67. The maximum Gasteiger partial charge on any atom is 0.105 e. The zero-order valence-corrected chi connectivity index (χ0v) is 9.72. The molecule has 0 aliphatic heterocycles. The Kier molecular flexibility index (Phi) is 2.17. The summed E-state index contributed by atoms with van der Waals surface area (Å²) >= 11 is 0. The van der Waals surface area contributed by atoms with Gasteiger partial charge in [-0.25, -0.2) is 4.98 Å². The van der Waals surface area contributed by atoms with Crippen LogP contribution in [0, 0.1) is 12.3 Å². The molecule has 0 saturated heterocycles. The third-order valence-electron chi connectivity index (χ3n) is 3.43. The minimum Gasteiger partial charge on any atom is -0.335 e. The van der Waals surface area contributed by atoms with Crippen LogP contribution in [0.3, 0.4) is 0 Å². The number of nitrogens with zero attached hydrogens (tertiary/aromatic N) is 2. The average Bonchev–Trinajstić information content (AvgIpc) is 2.28. The molecular formula is C12H20N2. The third kappa shape index (κ3) is 1.58. The Hall–Kier alpha value is -0.790. The van der Waals surface area contributed by atoms with Crippen LogP contribution in [0.4, 0.5) is 0 Å². The first kappa shape index (κ1) is 9.75. The van der Waals surface area contributed by atoms with Crippen LogP contribution in [0.5, 0.6) is 0 Å². The summed E-state index contributed by atoms with van der Waals surface area (Å²) in [5.74, 6) is 1.16. The summed E-state index contributed by atoms with van der Waals surface area (Å²) in [7, 11) is 2.14. The van der Waals surface area contributed by atoms with Gasteiger partial charge in [0.1, 0.15) is 5.82 Å². The first-order chi connectivity index (χ1) is 6.49. The van der Waals surface area contributed by atoms with Gasteiger partial charge in [0.05, 0.1) is 5.69 Å². The van der Waals surface area contributed by atoms with Crippen molar-refractivity contribution in [3.63, 3.8) is 0 Å². The molecule has 1 aromatic rings. The fourth-order valence-corrected chi connectivity index (χ4v) is 2.45. The highest BCUT2D eigenvalue weighted by Crippen LogP contribution is 2.33. The van der Waals surface area contributed by atoms with Crippen LogP contribution < -0.4 is 0 Å². The molecule has 0 saturated carbocycles. The van der Waals surface area contributed by atoms with E-state index < -0.39 is 0 Å². The molecule has 1 aliphatic carbocycles. The predicted octanol–water partition coefficient (Wildman–Crippen LogP) is 2.63. The summed E-state index contributed by atoms with van der Waals surface area (Å²) in [5, 5.41) is 0. The number of hydrogen-bond acceptors (Lipinski definition) is 1. The fourth-order valence-electron chi connectivity index (χ4n) is 2.45. The Bertz CT molecular complexity index is 347. The molecule has 0 unspecified atom stereocenters. The van der Waals surface area contributed by atoms with Gasteiger partial charge in [0.15, 0.2) is 0 Å². The molecule has 0 fully saturated rings. The second-order valence-corrected chi connectivity index (χ2v) is 5.31. The topological polar surface area (TPSA) is 17.8 Å². The van der Waals surface area contributed by atoms with E-state index in [2.05, 4.69) is 37.4 Å². The summed E-state index contributed by atoms with van der Waals surface area (Å²) in [5.41, 5.74) is 3.24. The number of fused-ring (bicyclic) bond motifs is 1. The molecule has 2 heteroatoms. The van der Waals surface area contributed by atoms with Crippen LogP contribution in [-0.4, -0.2) is 9.55 Å². The summed E-state index contributed by atoms with van der Waals surface area (Å²) in [6.07, 6.45) is 4.97. The average molecular weight is 192 g/mol. The van der Waals surface area contributed by atoms with Gasteiger partial charge in [-0.05, 0) is 38.0 Å². The van der Waals surface area contributed by atoms with Gasteiger partial charge in [-0.2, -0.15) is 0 Å². The Labute approximate surface area is 86.3 Å². The van der Waals surface area contributed by atoms with Gasteiger partial charge >= 0.3 is 0 Å². The highest BCUT2D eigenvalue weighted by atomic mass is 15.1. The highest BCUT2D eigenvalue weighted by molar-refractivity contribution is 5.19. The van der Waals surface area contributed by atoms with Crippen molar-refractivity contribution in [3.8, 4) is 0 Å². The molecule has 0 atom stereocenters. The largest absolute Gasteiger partial charge is 0.335 e. The van der Waals surface area contributed by atoms with Crippen molar-refractivity contribution in [1.82, 2.24) is 9.55 Å². The van der Waals surface area contributed by atoms with Crippen LogP contribution in [0.25, 0.3) is 0 Å². The normalized spacial score (nSPS) is 20.3. The quantitative estimate of drug-likeness (QED) is 0.578. The Morgan fingerprint density at radius 3 is 2.79 bits per heavy atom. The van der Waals surface area contributed by atoms with Gasteiger partial charge in [0.25, 0.3) is 0 Å². The summed E-state index contributed by atoms with van der Waals surface area (Å²) in [6, 6.07) is 0. The lowest BCUT2D eigenvalue weighted by atomic mass is 9.85. The number of rotatable bonds is 0. The Balaban J connectivity index is 2.41. The van der Waals surface area contributed by atoms with Gasteiger partial charge in [-0.1, -0.05) is 13.8 Å². The number of aryl methyl sites for hydroxylation is 1. The van der Waals surface area contributed by atoms with Crippen molar-refractivity contribution in [1.29, 1.82) is 0 Å². The van der Waals surface area contributed by atoms with Gasteiger partial charge < -0.3 is 4.57 Å². The van der Waals surface area contributed by atoms with E-state index in [1.165, 1.54) is 30.7 Å². The molecule has 0 spiro atoms. The summed E-state index contributed by atoms with van der Waals surface area (Å²) in [4.78, 5) is 4.67. The van der Waals surface area contributed by atoms with Crippen LogP contribution in [0.2, 0.25) is 0 Å². The standard InChI is InChI=1S/C12H20N2/c1-9-13-10-8-12(2,3)7-5-6-11(10)14(9)4/h5-8H2,1-4H3. The van der Waals surface area contributed by atoms with E-state index in [0.717, 1.165) is 12.2 Å². The molecule has 1 aromatic heterocycles. The molecule has 1 aliphatic rings. The predicted molar refractivity (Wildman–Crippen MR) is 58.4 cm³/mol. The molecule has 14 heavy (non-hydrogen) atoms. The van der Waals surface area contributed by atoms with Crippen LogP contribution in [0.15, 0.2) is 0 Å². The van der Waals surface area contributed by atoms with Gasteiger partial charge in [-0.3, -0.25) is 0 Å². The van der Waals surface area contributed by atoms with E-state index in [1.807, 2.05) is 0 Å². The number of aromatic nitrogens is 2. The van der Waals surface area contributed by atoms with E-state index >= 15 is 0 Å². The van der Waals surface area contributed by atoms with Crippen molar-refractivity contribution < 1.29 is 0 Å². The first-order valence-corrected chi connectivity index (χ1v) is 5.51. The lowest BCUT2D eigenvalue weighted by molar-refractivity contribution is 0.330. The molecule has 78 valence electrons. The molecule has 0 amide bonds. The summed E-state index contributed by atoms with van der Waals surface area (Å²) in [6.45, 7) is 6.81. The molecular weight excluding hydrogens is 172 g/mol. The third-order valence-corrected chi connectivity index (χ3v) is 3.43. The highest BCUT2D eigenvalue weighted by Gasteiger charge is 2.26.